The second kappa shape index (κ2) is 8.35. The number of hydrogen-bond donors (Lipinski definition) is 1. The summed E-state index contributed by atoms with van der Waals surface area (Å²) in [7, 11) is -3.62. The molecule has 0 bridgehead atoms. The number of halogens is 1. The molecule has 1 heterocycles. The van der Waals surface area contributed by atoms with Gasteiger partial charge in [-0.25, -0.2) is 13.4 Å². The zero-order valence-electron chi connectivity index (χ0n) is 14.1. The third kappa shape index (κ3) is 5.47. The van der Waals surface area contributed by atoms with E-state index in [0.29, 0.717) is 23.7 Å². The van der Waals surface area contributed by atoms with Gasteiger partial charge in [0.2, 0.25) is 15.9 Å². The molecule has 0 radical (unpaired) electrons. The molecule has 9 heteroatoms. The summed E-state index contributed by atoms with van der Waals surface area (Å²) < 4.78 is 27.3. The molecule has 25 heavy (non-hydrogen) atoms. The van der Waals surface area contributed by atoms with Crippen LogP contribution in [0, 0.1) is 0 Å². The van der Waals surface area contributed by atoms with Crippen LogP contribution in [0.15, 0.2) is 43.0 Å². The van der Waals surface area contributed by atoms with Crippen molar-refractivity contribution in [3.05, 3.63) is 48.0 Å². The average Bonchev–Trinajstić information content (AvgIpc) is 3.05. The lowest BCUT2D eigenvalue weighted by molar-refractivity contribution is -0.121. The Bertz CT molecular complexity index is 791. The number of nitrogens with zero attached hydrogens (tertiary/aromatic N) is 3. The summed E-state index contributed by atoms with van der Waals surface area (Å²) in [5.74, 6) is -0.356. The van der Waals surface area contributed by atoms with Gasteiger partial charge >= 0.3 is 0 Å². The molecule has 0 saturated heterocycles. The maximum Gasteiger partial charge on any atom is 0.243 e. The van der Waals surface area contributed by atoms with Gasteiger partial charge in [-0.1, -0.05) is 11.6 Å². The molecular weight excluding hydrogens is 364 g/mol. The molecule has 0 saturated carbocycles. The van der Waals surface area contributed by atoms with E-state index in [9.17, 15) is 13.2 Å². The second-order valence-corrected chi connectivity index (χ2v) is 7.95. The molecule has 1 atom stereocenters. The van der Waals surface area contributed by atoms with Crippen LogP contribution in [-0.4, -0.2) is 42.7 Å². The van der Waals surface area contributed by atoms with Crippen molar-refractivity contribution in [1.82, 2.24) is 14.9 Å². The van der Waals surface area contributed by atoms with Crippen molar-refractivity contribution >= 4 is 33.2 Å². The Hall–Kier alpha value is -2.06. The Labute approximate surface area is 152 Å². The molecule has 0 spiro atoms. The highest BCUT2D eigenvalue weighted by Crippen LogP contribution is 2.22. The molecule has 1 aromatic heterocycles. The first-order valence-electron chi connectivity index (χ1n) is 7.77. The summed E-state index contributed by atoms with van der Waals surface area (Å²) in [5, 5.41) is 3.27. The van der Waals surface area contributed by atoms with Gasteiger partial charge in [0.05, 0.1) is 18.3 Å². The van der Waals surface area contributed by atoms with Crippen molar-refractivity contribution < 1.29 is 13.2 Å². The zero-order valence-corrected chi connectivity index (χ0v) is 15.7. The summed E-state index contributed by atoms with van der Waals surface area (Å²) in [4.78, 5) is 16.3. The Kier molecular flexibility index (Phi) is 6.44. The van der Waals surface area contributed by atoms with Gasteiger partial charge in [-0.15, -0.1) is 0 Å². The zero-order chi connectivity index (χ0) is 18.4. The number of hydrogen-bond acceptors (Lipinski definition) is 4. The van der Waals surface area contributed by atoms with Crippen LogP contribution < -0.4 is 9.62 Å². The number of aromatic nitrogens is 2. The topological polar surface area (TPSA) is 84.3 Å². The Balaban J connectivity index is 1.99. The number of aryl methyl sites for hydroxylation is 1. The largest absolute Gasteiger partial charge is 0.354 e. The van der Waals surface area contributed by atoms with Gasteiger partial charge in [-0.05, 0) is 37.6 Å². The normalized spacial score (nSPS) is 12.6. The summed E-state index contributed by atoms with van der Waals surface area (Å²) in [6, 6.07) is 5.46. The van der Waals surface area contributed by atoms with E-state index in [1.165, 1.54) is 0 Å². The monoisotopic (exact) mass is 384 g/mol. The quantitative estimate of drug-likeness (QED) is 0.704. The number of nitrogens with one attached hydrogen (secondary N) is 1. The molecule has 0 aliphatic heterocycles. The first-order chi connectivity index (χ1) is 11.8. The van der Waals surface area contributed by atoms with Crippen LogP contribution in [0.3, 0.4) is 0 Å². The lowest BCUT2D eigenvalue weighted by atomic mass is 10.2. The minimum atomic E-state index is -3.62. The minimum absolute atomic E-state index is 0.356. The minimum Gasteiger partial charge on any atom is -0.354 e. The molecule has 0 aliphatic carbocycles. The van der Waals surface area contributed by atoms with Crippen molar-refractivity contribution in [3.63, 3.8) is 0 Å². The number of anilines is 1. The summed E-state index contributed by atoms with van der Waals surface area (Å²) >= 11 is 5.85. The standard InChI is InChI=1S/C16H21ClN4O3S/c1-13(16(22)19-8-3-10-20-11-9-18-12-20)21(25(2,23)24)15-6-4-14(17)5-7-15/h4-7,9,11-13H,3,8,10H2,1-2H3,(H,19,22)/t13-/m1/s1. The van der Waals surface area contributed by atoms with Crippen LogP contribution >= 0.6 is 11.6 Å². The van der Waals surface area contributed by atoms with Gasteiger partial charge in [0.1, 0.15) is 6.04 Å². The van der Waals surface area contributed by atoms with E-state index < -0.39 is 16.1 Å². The van der Waals surface area contributed by atoms with Crippen LogP contribution in [0.25, 0.3) is 0 Å². The smallest absolute Gasteiger partial charge is 0.243 e. The SMILES string of the molecule is C[C@H](C(=O)NCCCn1ccnc1)N(c1ccc(Cl)cc1)S(C)(=O)=O. The Morgan fingerprint density at radius 3 is 2.60 bits per heavy atom. The lowest BCUT2D eigenvalue weighted by Crippen LogP contribution is -2.48. The first-order valence-corrected chi connectivity index (χ1v) is 10.00. The maximum absolute atomic E-state index is 12.4. The molecule has 0 unspecified atom stereocenters. The fourth-order valence-corrected chi connectivity index (χ4v) is 3.74. The number of sulfonamides is 1. The fraction of sp³-hybridized carbons (Fsp3) is 0.375. The predicted octanol–water partition coefficient (Wildman–Crippen LogP) is 1.90. The highest BCUT2D eigenvalue weighted by Gasteiger charge is 2.28. The van der Waals surface area contributed by atoms with Gasteiger partial charge in [0.25, 0.3) is 0 Å². The third-order valence-corrected chi connectivity index (χ3v) is 5.11. The van der Waals surface area contributed by atoms with E-state index in [2.05, 4.69) is 10.3 Å². The van der Waals surface area contributed by atoms with Crippen molar-refractivity contribution in [2.75, 3.05) is 17.1 Å². The van der Waals surface area contributed by atoms with Crippen molar-refractivity contribution in [3.8, 4) is 0 Å². The number of imidazole rings is 1. The van der Waals surface area contributed by atoms with E-state index in [4.69, 9.17) is 11.6 Å². The van der Waals surface area contributed by atoms with Crippen LogP contribution in [0.5, 0.6) is 0 Å². The summed E-state index contributed by atoms with van der Waals surface area (Å²) in [6.45, 7) is 2.72. The van der Waals surface area contributed by atoms with E-state index >= 15 is 0 Å². The maximum atomic E-state index is 12.4. The lowest BCUT2D eigenvalue weighted by Gasteiger charge is -2.28. The van der Waals surface area contributed by atoms with E-state index in [0.717, 1.165) is 17.1 Å². The number of rotatable bonds is 8. The van der Waals surface area contributed by atoms with E-state index in [1.54, 1.807) is 43.7 Å². The second-order valence-electron chi connectivity index (χ2n) is 5.66. The Morgan fingerprint density at radius 1 is 1.36 bits per heavy atom. The molecular formula is C16H21ClN4O3S. The van der Waals surface area contributed by atoms with Gasteiger partial charge in [-0.2, -0.15) is 0 Å². The molecule has 1 amide bonds. The number of carbonyl (C=O) groups is 1. The Morgan fingerprint density at radius 2 is 2.04 bits per heavy atom. The molecule has 0 fully saturated rings. The van der Waals surface area contributed by atoms with Crippen LogP contribution in [0.4, 0.5) is 5.69 Å². The van der Waals surface area contributed by atoms with Crippen LogP contribution in [0.2, 0.25) is 5.02 Å². The highest BCUT2D eigenvalue weighted by atomic mass is 35.5. The summed E-state index contributed by atoms with van der Waals surface area (Å²) in [6.07, 6.45) is 7.03. The van der Waals surface area contributed by atoms with Crippen molar-refractivity contribution in [2.45, 2.75) is 25.9 Å². The van der Waals surface area contributed by atoms with E-state index in [-0.39, 0.29) is 5.91 Å². The van der Waals surface area contributed by atoms with Gasteiger partial charge in [0.15, 0.2) is 0 Å². The van der Waals surface area contributed by atoms with Gasteiger partial charge in [0, 0.05) is 30.5 Å². The molecule has 2 aromatic rings. The van der Waals surface area contributed by atoms with Crippen LogP contribution in [-0.2, 0) is 21.4 Å². The molecule has 1 N–H and O–H groups in total. The number of carbonyl (C=O) groups excluding carboxylic acids is 1. The fourth-order valence-electron chi connectivity index (χ4n) is 2.44. The van der Waals surface area contributed by atoms with Crippen molar-refractivity contribution in [1.29, 1.82) is 0 Å². The van der Waals surface area contributed by atoms with Crippen LogP contribution in [0.1, 0.15) is 13.3 Å². The third-order valence-electron chi connectivity index (χ3n) is 3.62. The van der Waals surface area contributed by atoms with E-state index in [1.807, 2.05) is 10.8 Å². The average molecular weight is 385 g/mol. The van der Waals surface area contributed by atoms with Gasteiger partial charge in [-0.3, -0.25) is 9.10 Å². The molecule has 2 rings (SSSR count). The molecule has 1 aromatic carbocycles. The number of benzene rings is 1. The molecule has 0 aliphatic rings. The first kappa shape index (κ1) is 19.3. The highest BCUT2D eigenvalue weighted by molar-refractivity contribution is 7.92. The predicted molar refractivity (Wildman–Crippen MR) is 98.1 cm³/mol. The molecule has 136 valence electrons. The number of amides is 1. The summed E-state index contributed by atoms with van der Waals surface area (Å²) in [5.41, 5.74) is 0.396. The molecule has 7 nitrogen and oxygen atoms in total. The van der Waals surface area contributed by atoms with Gasteiger partial charge < -0.3 is 9.88 Å². The van der Waals surface area contributed by atoms with Crippen molar-refractivity contribution in [2.24, 2.45) is 0 Å².